The second-order valence-corrected chi connectivity index (χ2v) is 10.8. The highest BCUT2D eigenvalue weighted by Crippen LogP contribution is 2.48. The fraction of sp³-hybridized carbons (Fsp3) is 0.500. The largest absolute Gasteiger partial charge is 0.462 e. The van der Waals surface area contributed by atoms with Gasteiger partial charge in [-0.05, 0) is 39.0 Å². The van der Waals surface area contributed by atoms with Gasteiger partial charge in [0.2, 0.25) is 0 Å². The fourth-order valence-corrected chi connectivity index (χ4v) is 5.26. The smallest absolute Gasteiger partial charge is 0.459 e. The molecule has 0 bridgehead atoms. The van der Waals surface area contributed by atoms with Crippen LogP contribution >= 0.6 is 20.0 Å². The zero-order valence-electron chi connectivity index (χ0n) is 20.5. The van der Waals surface area contributed by atoms with E-state index in [2.05, 4.69) is 10.1 Å². The molecular weight excluding hydrogens is 554 g/mol. The number of rotatable bonds is 10. The van der Waals surface area contributed by atoms with E-state index >= 15 is 0 Å². The predicted octanol–water partition coefficient (Wildman–Crippen LogP) is 3.48. The first-order valence-corrected chi connectivity index (χ1v) is 13.3. The predicted molar refractivity (Wildman–Crippen MR) is 130 cm³/mol. The van der Waals surface area contributed by atoms with E-state index in [4.69, 9.17) is 30.7 Å². The molecule has 1 aliphatic rings. The summed E-state index contributed by atoms with van der Waals surface area (Å²) in [6.07, 6.45) is -10.3. The van der Waals surface area contributed by atoms with Crippen molar-refractivity contribution in [3.05, 3.63) is 57.7 Å². The molecule has 2 unspecified atom stereocenters. The Morgan fingerprint density at radius 2 is 1.92 bits per heavy atom. The highest BCUT2D eigenvalue weighted by molar-refractivity contribution is 7.71. The van der Waals surface area contributed by atoms with Crippen LogP contribution in [0.3, 0.4) is 0 Å². The second kappa shape index (κ2) is 12.1. The zero-order valence-corrected chi connectivity index (χ0v) is 22.2. The normalized spacial score (nSPS) is 24.1. The lowest BCUT2D eigenvalue weighted by molar-refractivity contribution is -0.211. The molecule has 0 radical (unpaired) electrons. The molecule has 1 saturated heterocycles. The van der Waals surface area contributed by atoms with Crippen LogP contribution in [0.25, 0.3) is 0 Å². The van der Waals surface area contributed by atoms with E-state index in [9.17, 15) is 32.4 Å². The number of aromatic nitrogens is 2. The number of carbonyl (C=O) groups excluding carboxylic acids is 1. The second-order valence-electron chi connectivity index (χ2n) is 8.67. The van der Waals surface area contributed by atoms with Crippen molar-refractivity contribution in [3.8, 4) is 5.75 Å². The van der Waals surface area contributed by atoms with Crippen LogP contribution in [0.15, 0.2) is 47.4 Å². The molecule has 1 aromatic heterocycles. The number of aliphatic hydroxyl groups excluding tert-OH is 1. The maximum absolute atomic E-state index is 13.9. The van der Waals surface area contributed by atoms with Gasteiger partial charge in [0.1, 0.15) is 28.5 Å². The molecule has 2 heterocycles. The molecule has 38 heavy (non-hydrogen) atoms. The number of esters is 1. The highest BCUT2D eigenvalue weighted by Gasteiger charge is 2.58. The van der Waals surface area contributed by atoms with E-state index in [1.807, 2.05) is 0 Å². The van der Waals surface area contributed by atoms with E-state index in [-0.39, 0.29) is 10.4 Å². The Balaban J connectivity index is 1.85. The number of para-hydroxylation sites is 1. The van der Waals surface area contributed by atoms with Gasteiger partial charge in [-0.3, -0.25) is 18.9 Å². The highest BCUT2D eigenvalue weighted by atomic mass is 32.1. The number of H-pyrrole nitrogens is 1. The molecule has 2 aromatic rings. The van der Waals surface area contributed by atoms with Gasteiger partial charge in [-0.25, -0.2) is 9.36 Å². The first-order valence-electron chi connectivity index (χ1n) is 11.4. The van der Waals surface area contributed by atoms with Crippen LogP contribution in [0, 0.1) is 10.6 Å². The zero-order chi connectivity index (χ0) is 28.3. The molecule has 3 N–H and O–H groups in total. The third-order valence-corrected chi connectivity index (χ3v) is 7.19. The van der Waals surface area contributed by atoms with Crippen LogP contribution in [0.5, 0.6) is 5.75 Å². The van der Waals surface area contributed by atoms with Crippen molar-refractivity contribution in [2.45, 2.75) is 57.5 Å². The van der Waals surface area contributed by atoms with Gasteiger partial charge in [-0.1, -0.05) is 30.4 Å². The monoisotopic (exact) mass is 581 g/mol. The molecule has 1 aromatic carbocycles. The Morgan fingerprint density at radius 3 is 2.50 bits per heavy atom. The van der Waals surface area contributed by atoms with E-state index in [1.165, 1.54) is 25.1 Å². The number of aromatic amines is 1. The summed E-state index contributed by atoms with van der Waals surface area (Å²) in [6.45, 7) is 3.69. The van der Waals surface area contributed by atoms with Gasteiger partial charge in [0.15, 0.2) is 6.23 Å². The molecule has 16 heteroatoms. The molecule has 0 aliphatic carbocycles. The summed E-state index contributed by atoms with van der Waals surface area (Å²) in [7, 11) is -4.45. The first kappa shape index (κ1) is 30.0. The summed E-state index contributed by atoms with van der Waals surface area (Å²) in [5, 5.41) is 12.9. The third-order valence-electron chi connectivity index (χ3n) is 5.31. The minimum absolute atomic E-state index is 0.0107. The van der Waals surface area contributed by atoms with E-state index in [0.717, 1.165) is 6.20 Å². The number of ether oxygens (including phenoxy) is 2. The summed E-state index contributed by atoms with van der Waals surface area (Å²) in [6, 6.07) is 7.67. The average Bonchev–Trinajstić information content (AvgIpc) is 3.14. The molecule has 210 valence electrons. The summed E-state index contributed by atoms with van der Waals surface area (Å²) >= 11 is 4.81. The number of hydrogen-bond donors (Lipinski definition) is 3. The van der Waals surface area contributed by atoms with Gasteiger partial charge < -0.3 is 19.1 Å². The van der Waals surface area contributed by atoms with Crippen molar-refractivity contribution >= 4 is 25.9 Å². The molecule has 1 fully saturated rings. The molecule has 3 rings (SSSR count). The number of nitrogens with one attached hydrogen (secondary N) is 2. The Bertz CT molecular complexity index is 1270. The van der Waals surface area contributed by atoms with Crippen LogP contribution in [0.2, 0.25) is 0 Å². The van der Waals surface area contributed by atoms with E-state index < -0.39 is 68.7 Å². The summed E-state index contributed by atoms with van der Waals surface area (Å²) < 4.78 is 77.1. The topological polar surface area (TPSA) is 141 Å². The van der Waals surface area contributed by atoms with Crippen molar-refractivity contribution < 1.29 is 46.2 Å². The number of alkyl halides is 3. The van der Waals surface area contributed by atoms with Crippen LogP contribution in [-0.4, -0.2) is 57.8 Å². The first-order chi connectivity index (χ1) is 17.7. The van der Waals surface area contributed by atoms with Gasteiger partial charge in [0.05, 0.1) is 18.8 Å². The Morgan fingerprint density at radius 1 is 1.26 bits per heavy atom. The van der Waals surface area contributed by atoms with Gasteiger partial charge in [-0.2, -0.15) is 18.3 Å². The lowest BCUT2D eigenvalue weighted by atomic mass is 9.99. The van der Waals surface area contributed by atoms with Crippen molar-refractivity contribution in [1.82, 2.24) is 14.6 Å². The average molecular weight is 582 g/mol. The maximum Gasteiger partial charge on any atom is 0.459 e. The van der Waals surface area contributed by atoms with Gasteiger partial charge >= 0.3 is 25.6 Å². The van der Waals surface area contributed by atoms with Gasteiger partial charge in [0.25, 0.3) is 0 Å². The minimum atomic E-state index is -4.98. The quantitative estimate of drug-likeness (QED) is 0.217. The van der Waals surface area contributed by atoms with Crippen LogP contribution in [0.4, 0.5) is 13.2 Å². The Hall–Kier alpha value is -2.55. The minimum Gasteiger partial charge on any atom is -0.462 e. The fourth-order valence-electron chi connectivity index (χ4n) is 3.61. The van der Waals surface area contributed by atoms with Crippen LogP contribution < -0.4 is 15.3 Å². The summed E-state index contributed by atoms with van der Waals surface area (Å²) in [4.78, 5) is 26.7. The molecule has 11 nitrogen and oxygen atoms in total. The molecule has 6 atom stereocenters. The lowest BCUT2D eigenvalue weighted by Crippen LogP contribution is -2.41. The molecular formula is C22H27F3N3O8PS. The number of nitrogens with zero attached hydrogens (tertiary/aromatic N) is 1. The van der Waals surface area contributed by atoms with Gasteiger partial charge in [-0.15, -0.1) is 0 Å². The van der Waals surface area contributed by atoms with Crippen LogP contribution in [0.1, 0.15) is 27.0 Å². The number of halogens is 3. The summed E-state index contributed by atoms with van der Waals surface area (Å²) in [5.41, 5.74) is -0.984. The van der Waals surface area contributed by atoms with Crippen LogP contribution in [-0.2, 0) is 23.4 Å². The molecule has 0 saturated carbocycles. The lowest BCUT2D eigenvalue weighted by Gasteiger charge is -2.25. The Kier molecular flexibility index (Phi) is 9.55. The summed E-state index contributed by atoms with van der Waals surface area (Å²) in [5.74, 6) is -3.24. The molecule has 1 aliphatic heterocycles. The maximum atomic E-state index is 13.9. The van der Waals surface area contributed by atoms with Crippen molar-refractivity contribution in [3.63, 3.8) is 0 Å². The SMILES string of the molecule is CC(C)OC(=O)[C@H](C)NP(=O)(OC[C@H]1O[C@@H](n2ccc(=S)[nH]c2=O)C(C(F)(F)F)[C@H]1O)Oc1ccccc1. The molecule has 0 spiro atoms. The standard InChI is InChI=1S/C22H27F3N3O8PS/c1-12(2)34-20(30)13(3)27-37(32,36-14-7-5-4-6-8-14)33-11-15-18(29)17(22(23,24)25)19(35-15)28-10-9-16(38)26-21(28)31/h4-10,12-13,15,17-19,29H,11H2,1-3H3,(H,27,32)(H,26,31,38)/t13-,15+,17?,18-,19+,37?/m0/s1. The van der Waals surface area contributed by atoms with Crippen molar-refractivity contribution in [2.75, 3.05) is 6.61 Å². The Labute approximate surface area is 220 Å². The molecule has 0 amide bonds. The van der Waals surface area contributed by atoms with E-state index in [1.54, 1.807) is 32.0 Å². The van der Waals surface area contributed by atoms with Crippen molar-refractivity contribution in [2.24, 2.45) is 5.92 Å². The number of hydrogen-bond acceptors (Lipinski definition) is 9. The van der Waals surface area contributed by atoms with Crippen molar-refractivity contribution in [1.29, 1.82) is 0 Å². The van der Waals surface area contributed by atoms with Gasteiger partial charge in [0, 0.05) is 6.20 Å². The number of carbonyl (C=O) groups is 1. The number of aliphatic hydroxyl groups is 1. The van der Waals surface area contributed by atoms with E-state index in [0.29, 0.717) is 4.57 Å². The third kappa shape index (κ3) is 7.52. The number of benzene rings is 1.